The van der Waals surface area contributed by atoms with E-state index in [4.69, 9.17) is 0 Å². The zero-order valence-corrected chi connectivity index (χ0v) is 12.8. The van der Waals surface area contributed by atoms with Crippen LogP contribution in [-0.2, 0) is 0 Å². The smallest absolute Gasteiger partial charge is 0.0330 e. The van der Waals surface area contributed by atoms with Gasteiger partial charge in [-0.3, -0.25) is 0 Å². The summed E-state index contributed by atoms with van der Waals surface area (Å²) in [6, 6.07) is 0. The predicted octanol–water partition coefficient (Wildman–Crippen LogP) is 5.12. The van der Waals surface area contributed by atoms with E-state index in [0.717, 1.165) is 5.92 Å². The second-order valence-corrected chi connectivity index (χ2v) is 7.74. The standard InChI is InChI=1S/C17H19I/c18-12-7-8-14-13-5-1-2-6-15(13)17(16(14)11-12)9-3-4-10-17/h1-2,6-8,12-13H,3-5,9-11H2. The number of fused-ring (bicyclic) bond motifs is 4. The maximum atomic E-state index is 2.60. The summed E-state index contributed by atoms with van der Waals surface area (Å²) in [5.41, 5.74) is 5.77. The van der Waals surface area contributed by atoms with Gasteiger partial charge in [0.1, 0.15) is 0 Å². The van der Waals surface area contributed by atoms with E-state index in [1.54, 1.807) is 11.1 Å². The first-order valence-electron chi connectivity index (χ1n) is 7.24. The van der Waals surface area contributed by atoms with Crippen LogP contribution in [0.2, 0.25) is 0 Å². The Morgan fingerprint density at radius 2 is 2.06 bits per heavy atom. The van der Waals surface area contributed by atoms with Crippen LogP contribution >= 0.6 is 22.6 Å². The third-order valence-electron chi connectivity index (χ3n) is 5.35. The van der Waals surface area contributed by atoms with E-state index in [1.807, 2.05) is 5.57 Å². The van der Waals surface area contributed by atoms with E-state index in [-0.39, 0.29) is 0 Å². The van der Waals surface area contributed by atoms with Gasteiger partial charge in [0.05, 0.1) is 0 Å². The van der Waals surface area contributed by atoms with Crippen molar-refractivity contribution in [1.82, 2.24) is 0 Å². The van der Waals surface area contributed by atoms with Gasteiger partial charge < -0.3 is 0 Å². The zero-order chi connectivity index (χ0) is 12.2. The van der Waals surface area contributed by atoms with E-state index in [1.165, 1.54) is 38.5 Å². The number of rotatable bonds is 0. The average Bonchev–Trinajstić information content (AvgIpc) is 2.98. The van der Waals surface area contributed by atoms with Crippen LogP contribution in [0.1, 0.15) is 38.5 Å². The number of hydrogen-bond acceptors (Lipinski definition) is 0. The minimum Gasteiger partial charge on any atom is -0.0836 e. The molecule has 0 aromatic heterocycles. The molecule has 0 aromatic rings. The van der Waals surface area contributed by atoms with E-state index in [2.05, 4.69) is 53.0 Å². The molecule has 0 amide bonds. The maximum absolute atomic E-state index is 2.60. The van der Waals surface area contributed by atoms with Gasteiger partial charge >= 0.3 is 0 Å². The van der Waals surface area contributed by atoms with Gasteiger partial charge in [-0.25, -0.2) is 0 Å². The van der Waals surface area contributed by atoms with Crippen LogP contribution in [0.5, 0.6) is 0 Å². The monoisotopic (exact) mass is 350 g/mol. The van der Waals surface area contributed by atoms with Crippen molar-refractivity contribution >= 4 is 22.6 Å². The van der Waals surface area contributed by atoms with Crippen LogP contribution in [0.25, 0.3) is 0 Å². The number of hydrogen-bond donors (Lipinski definition) is 0. The van der Waals surface area contributed by atoms with Crippen molar-refractivity contribution in [3.05, 3.63) is 47.1 Å². The zero-order valence-electron chi connectivity index (χ0n) is 10.7. The molecule has 4 rings (SSSR count). The molecule has 1 heteroatoms. The fraction of sp³-hybridized carbons (Fsp3) is 0.529. The third kappa shape index (κ3) is 1.43. The summed E-state index contributed by atoms with van der Waals surface area (Å²) in [5.74, 6) is 0.725. The Labute approximate surface area is 123 Å². The van der Waals surface area contributed by atoms with Crippen LogP contribution in [0.15, 0.2) is 47.1 Å². The van der Waals surface area contributed by atoms with Gasteiger partial charge in [0.2, 0.25) is 0 Å². The van der Waals surface area contributed by atoms with Crippen molar-refractivity contribution in [2.45, 2.75) is 42.4 Å². The molecule has 4 aliphatic rings. The van der Waals surface area contributed by atoms with E-state index in [0.29, 0.717) is 9.34 Å². The van der Waals surface area contributed by atoms with Crippen LogP contribution < -0.4 is 0 Å². The molecule has 0 saturated heterocycles. The molecule has 0 nitrogen and oxygen atoms in total. The lowest BCUT2D eigenvalue weighted by Crippen LogP contribution is -2.22. The van der Waals surface area contributed by atoms with Crippen LogP contribution in [0.4, 0.5) is 0 Å². The van der Waals surface area contributed by atoms with E-state index < -0.39 is 0 Å². The molecule has 0 N–H and O–H groups in total. The highest BCUT2D eigenvalue weighted by Gasteiger charge is 2.50. The summed E-state index contributed by atoms with van der Waals surface area (Å²) in [4.78, 5) is 0. The molecular weight excluding hydrogens is 331 g/mol. The van der Waals surface area contributed by atoms with Crippen LogP contribution in [0.3, 0.4) is 0 Å². The third-order valence-corrected chi connectivity index (χ3v) is 6.21. The maximum Gasteiger partial charge on any atom is 0.0330 e. The van der Waals surface area contributed by atoms with Gasteiger partial charge in [-0.05, 0) is 31.3 Å². The lowest BCUT2D eigenvalue weighted by molar-refractivity contribution is 0.427. The molecule has 0 aromatic carbocycles. The van der Waals surface area contributed by atoms with Crippen molar-refractivity contribution in [1.29, 1.82) is 0 Å². The largest absolute Gasteiger partial charge is 0.0836 e. The molecule has 18 heavy (non-hydrogen) atoms. The topological polar surface area (TPSA) is 0 Å². The molecule has 2 atom stereocenters. The molecular formula is C17H19I. The number of alkyl halides is 1. The van der Waals surface area contributed by atoms with Crippen molar-refractivity contribution in [3.63, 3.8) is 0 Å². The Kier molecular flexibility index (Phi) is 2.62. The fourth-order valence-corrected chi connectivity index (χ4v) is 5.30. The lowest BCUT2D eigenvalue weighted by atomic mass is 9.72. The molecule has 4 aliphatic carbocycles. The van der Waals surface area contributed by atoms with Crippen molar-refractivity contribution < 1.29 is 0 Å². The van der Waals surface area contributed by atoms with Gasteiger partial charge in [-0.2, -0.15) is 0 Å². The number of halogens is 1. The van der Waals surface area contributed by atoms with E-state index in [9.17, 15) is 0 Å². The van der Waals surface area contributed by atoms with Gasteiger partial charge in [0.15, 0.2) is 0 Å². The summed E-state index contributed by atoms with van der Waals surface area (Å²) in [6.07, 6.45) is 20.2. The lowest BCUT2D eigenvalue weighted by Gasteiger charge is -2.33. The first-order chi connectivity index (χ1) is 8.81. The van der Waals surface area contributed by atoms with Crippen molar-refractivity contribution in [2.75, 3.05) is 0 Å². The molecule has 0 bridgehead atoms. The van der Waals surface area contributed by atoms with Gasteiger partial charge in [-0.1, -0.05) is 77.0 Å². The normalized spacial score (nSPS) is 35.9. The Hall–Kier alpha value is -0.310. The highest BCUT2D eigenvalue weighted by Crippen LogP contribution is 2.62. The van der Waals surface area contributed by atoms with Gasteiger partial charge in [-0.15, -0.1) is 0 Å². The average molecular weight is 350 g/mol. The quantitative estimate of drug-likeness (QED) is 0.420. The summed E-state index contributed by atoms with van der Waals surface area (Å²) >= 11 is 2.60. The Bertz CT molecular complexity index is 498. The minimum atomic E-state index is 0.485. The Balaban J connectivity index is 1.88. The molecule has 2 unspecified atom stereocenters. The molecule has 1 saturated carbocycles. The second-order valence-electron chi connectivity index (χ2n) is 6.14. The van der Waals surface area contributed by atoms with Gasteiger partial charge in [0.25, 0.3) is 0 Å². The molecule has 1 spiro atoms. The summed E-state index contributed by atoms with van der Waals surface area (Å²) in [7, 11) is 0. The summed E-state index contributed by atoms with van der Waals surface area (Å²) in [6.45, 7) is 0. The fourth-order valence-electron chi connectivity index (χ4n) is 4.65. The second kappa shape index (κ2) is 4.09. The molecule has 0 heterocycles. The molecule has 0 radical (unpaired) electrons. The highest BCUT2D eigenvalue weighted by atomic mass is 127. The van der Waals surface area contributed by atoms with Crippen LogP contribution in [0, 0.1) is 11.3 Å². The summed E-state index contributed by atoms with van der Waals surface area (Å²) < 4.78 is 0.715. The predicted molar refractivity (Wildman–Crippen MR) is 84.8 cm³/mol. The first kappa shape index (κ1) is 11.5. The Morgan fingerprint density at radius 3 is 2.89 bits per heavy atom. The number of allylic oxidation sites excluding steroid dienone is 8. The highest BCUT2D eigenvalue weighted by molar-refractivity contribution is 14.1. The molecule has 0 aliphatic heterocycles. The van der Waals surface area contributed by atoms with Gasteiger partial charge in [0, 0.05) is 15.3 Å². The van der Waals surface area contributed by atoms with Crippen molar-refractivity contribution in [2.24, 2.45) is 11.3 Å². The SMILES string of the molecule is IC1C=CC2=C(C1)C1(CCCC1)C1=CC=CCC12. The Morgan fingerprint density at radius 1 is 1.22 bits per heavy atom. The summed E-state index contributed by atoms with van der Waals surface area (Å²) in [5, 5.41) is 0. The van der Waals surface area contributed by atoms with E-state index >= 15 is 0 Å². The minimum absolute atomic E-state index is 0.485. The van der Waals surface area contributed by atoms with Crippen LogP contribution in [-0.4, -0.2) is 3.92 Å². The molecule has 1 fully saturated rings. The van der Waals surface area contributed by atoms with Crippen molar-refractivity contribution in [3.8, 4) is 0 Å². The molecule has 94 valence electrons. The first-order valence-corrected chi connectivity index (χ1v) is 8.49.